The fraction of sp³-hybridized carbons (Fsp3) is 0.250. The Labute approximate surface area is 93.7 Å². The van der Waals surface area contributed by atoms with Crippen LogP contribution in [0.4, 0.5) is 0 Å². The average Bonchev–Trinajstić information content (AvgIpc) is 2.63. The second kappa shape index (κ2) is 4.37. The minimum atomic E-state index is -0.0363. The molecule has 3 N–H and O–H groups in total. The van der Waals surface area contributed by atoms with Gasteiger partial charge in [0.15, 0.2) is 0 Å². The molecule has 1 aromatic carbocycles. The Morgan fingerprint density at radius 1 is 1.31 bits per heavy atom. The molecule has 1 aromatic heterocycles. The smallest absolute Gasteiger partial charge is 0.271 e. The van der Waals surface area contributed by atoms with E-state index in [1.54, 1.807) is 10.9 Å². The summed E-state index contributed by atoms with van der Waals surface area (Å²) in [7, 11) is 0. The summed E-state index contributed by atoms with van der Waals surface area (Å²) in [6.07, 6.45) is 1.67. The van der Waals surface area contributed by atoms with Crippen LogP contribution in [-0.4, -0.2) is 9.78 Å². The molecule has 0 bridgehead atoms. The molecule has 0 spiro atoms. The molecule has 0 aliphatic rings. The van der Waals surface area contributed by atoms with Crippen LogP contribution in [0, 0.1) is 6.92 Å². The summed E-state index contributed by atoms with van der Waals surface area (Å²) in [6, 6.07) is 8.01. The minimum Gasteiger partial charge on any atom is -0.326 e. The van der Waals surface area contributed by atoms with Crippen molar-refractivity contribution in [2.24, 2.45) is 5.73 Å². The van der Waals surface area contributed by atoms with Crippen molar-refractivity contribution < 1.29 is 0 Å². The second-order valence-electron chi connectivity index (χ2n) is 3.82. The molecule has 2 aromatic rings. The van der Waals surface area contributed by atoms with Gasteiger partial charge in [0, 0.05) is 18.3 Å². The molecule has 1 heterocycles. The Balaban J connectivity index is 2.31. The van der Waals surface area contributed by atoms with Crippen molar-refractivity contribution in [1.29, 1.82) is 0 Å². The molecule has 0 saturated carbocycles. The molecular formula is C12H15N3O. The van der Waals surface area contributed by atoms with Gasteiger partial charge in [-0.25, -0.2) is 4.68 Å². The third kappa shape index (κ3) is 1.92. The van der Waals surface area contributed by atoms with E-state index in [4.69, 9.17) is 5.73 Å². The van der Waals surface area contributed by atoms with Gasteiger partial charge in [0.05, 0.1) is 6.54 Å². The number of H-pyrrole nitrogens is 1. The maximum Gasteiger partial charge on any atom is 0.271 e. The highest BCUT2D eigenvalue weighted by molar-refractivity contribution is 5.25. The first kappa shape index (κ1) is 10.7. The summed E-state index contributed by atoms with van der Waals surface area (Å²) in [6.45, 7) is 2.87. The maximum atomic E-state index is 11.8. The third-order valence-corrected chi connectivity index (χ3v) is 2.72. The SMILES string of the molecule is Cc1ccccc1Cn1[nH]cc(CN)c1=O. The first-order valence-corrected chi connectivity index (χ1v) is 5.24. The summed E-state index contributed by atoms with van der Waals surface area (Å²) in [5.74, 6) is 0. The minimum absolute atomic E-state index is 0.0363. The zero-order chi connectivity index (χ0) is 11.5. The molecule has 16 heavy (non-hydrogen) atoms. The predicted octanol–water partition coefficient (Wildman–Crippen LogP) is 0.992. The summed E-state index contributed by atoms with van der Waals surface area (Å²) in [5.41, 5.74) is 8.35. The largest absolute Gasteiger partial charge is 0.326 e. The maximum absolute atomic E-state index is 11.8. The Bertz CT molecular complexity index is 539. The van der Waals surface area contributed by atoms with E-state index in [-0.39, 0.29) is 12.1 Å². The van der Waals surface area contributed by atoms with Crippen molar-refractivity contribution >= 4 is 0 Å². The van der Waals surface area contributed by atoms with Gasteiger partial charge in [-0.15, -0.1) is 0 Å². The van der Waals surface area contributed by atoms with Gasteiger partial charge in [0.25, 0.3) is 5.56 Å². The number of aromatic nitrogens is 2. The van der Waals surface area contributed by atoms with Gasteiger partial charge in [-0.1, -0.05) is 24.3 Å². The lowest BCUT2D eigenvalue weighted by Crippen LogP contribution is -2.21. The van der Waals surface area contributed by atoms with E-state index in [1.807, 2.05) is 31.2 Å². The molecule has 4 nitrogen and oxygen atoms in total. The van der Waals surface area contributed by atoms with E-state index in [0.29, 0.717) is 12.1 Å². The molecule has 0 fully saturated rings. The summed E-state index contributed by atoms with van der Waals surface area (Å²) < 4.78 is 1.57. The van der Waals surface area contributed by atoms with Gasteiger partial charge in [-0.05, 0) is 18.1 Å². The molecule has 0 atom stereocenters. The van der Waals surface area contributed by atoms with E-state index < -0.39 is 0 Å². The summed E-state index contributed by atoms with van der Waals surface area (Å²) in [4.78, 5) is 11.8. The van der Waals surface area contributed by atoms with E-state index in [9.17, 15) is 4.79 Å². The topological polar surface area (TPSA) is 63.8 Å². The normalized spacial score (nSPS) is 10.6. The van der Waals surface area contributed by atoms with Gasteiger partial charge >= 0.3 is 0 Å². The van der Waals surface area contributed by atoms with E-state index in [1.165, 1.54) is 5.56 Å². The van der Waals surface area contributed by atoms with Crippen molar-refractivity contribution in [3.8, 4) is 0 Å². The molecule has 84 valence electrons. The van der Waals surface area contributed by atoms with Crippen LogP contribution in [0.3, 0.4) is 0 Å². The molecule has 2 rings (SSSR count). The molecule has 0 saturated heterocycles. The quantitative estimate of drug-likeness (QED) is 0.805. The number of nitrogens with zero attached hydrogens (tertiary/aromatic N) is 1. The first-order valence-electron chi connectivity index (χ1n) is 5.24. The molecule has 0 unspecified atom stereocenters. The highest BCUT2D eigenvalue weighted by Crippen LogP contribution is 2.07. The standard InChI is InChI=1S/C12H15N3O/c1-9-4-2-3-5-10(9)8-15-12(16)11(6-13)7-14-15/h2-5,7,14H,6,8,13H2,1H3. The van der Waals surface area contributed by atoms with Crippen LogP contribution in [0.2, 0.25) is 0 Å². The van der Waals surface area contributed by atoms with Crippen LogP contribution in [0.25, 0.3) is 0 Å². The molecule has 0 radical (unpaired) electrons. The van der Waals surface area contributed by atoms with E-state index >= 15 is 0 Å². The molecule has 0 aliphatic heterocycles. The number of aryl methyl sites for hydroxylation is 1. The van der Waals surface area contributed by atoms with Gasteiger partial charge in [-0.3, -0.25) is 4.79 Å². The number of benzene rings is 1. The van der Waals surface area contributed by atoms with E-state index in [2.05, 4.69) is 5.10 Å². The van der Waals surface area contributed by atoms with Crippen LogP contribution in [0.1, 0.15) is 16.7 Å². The monoisotopic (exact) mass is 217 g/mol. The van der Waals surface area contributed by atoms with Crippen LogP contribution in [-0.2, 0) is 13.1 Å². The number of hydrogen-bond donors (Lipinski definition) is 2. The zero-order valence-corrected chi connectivity index (χ0v) is 9.23. The Hall–Kier alpha value is -1.81. The van der Waals surface area contributed by atoms with Gasteiger partial charge < -0.3 is 10.8 Å². The van der Waals surface area contributed by atoms with Crippen LogP contribution in [0.15, 0.2) is 35.3 Å². The average molecular weight is 217 g/mol. The molecular weight excluding hydrogens is 202 g/mol. The Morgan fingerprint density at radius 2 is 2.06 bits per heavy atom. The second-order valence-corrected chi connectivity index (χ2v) is 3.82. The number of rotatable bonds is 3. The van der Waals surface area contributed by atoms with Crippen molar-refractivity contribution in [2.45, 2.75) is 20.0 Å². The fourth-order valence-corrected chi connectivity index (χ4v) is 1.67. The summed E-state index contributed by atoms with van der Waals surface area (Å²) in [5, 5.41) is 2.92. The number of hydrogen-bond acceptors (Lipinski definition) is 2. The number of nitrogens with one attached hydrogen (secondary N) is 1. The number of aromatic amines is 1. The Kier molecular flexibility index (Phi) is 2.92. The summed E-state index contributed by atoms with van der Waals surface area (Å²) >= 11 is 0. The Morgan fingerprint density at radius 3 is 2.69 bits per heavy atom. The van der Waals surface area contributed by atoms with Crippen molar-refractivity contribution in [1.82, 2.24) is 9.78 Å². The van der Waals surface area contributed by atoms with Crippen molar-refractivity contribution in [3.63, 3.8) is 0 Å². The van der Waals surface area contributed by atoms with Gasteiger partial charge in [-0.2, -0.15) is 0 Å². The first-order chi connectivity index (χ1) is 7.72. The van der Waals surface area contributed by atoms with E-state index in [0.717, 1.165) is 5.56 Å². The lowest BCUT2D eigenvalue weighted by Gasteiger charge is -2.05. The highest BCUT2D eigenvalue weighted by Gasteiger charge is 2.05. The van der Waals surface area contributed by atoms with Gasteiger partial charge in [0.1, 0.15) is 0 Å². The molecule has 0 amide bonds. The lowest BCUT2D eigenvalue weighted by molar-refractivity contribution is 0.659. The zero-order valence-electron chi connectivity index (χ0n) is 9.23. The lowest BCUT2D eigenvalue weighted by atomic mass is 10.1. The van der Waals surface area contributed by atoms with Gasteiger partial charge in [0.2, 0.25) is 0 Å². The van der Waals surface area contributed by atoms with Crippen LogP contribution < -0.4 is 11.3 Å². The number of nitrogens with two attached hydrogens (primary N) is 1. The van der Waals surface area contributed by atoms with Crippen molar-refractivity contribution in [2.75, 3.05) is 0 Å². The van der Waals surface area contributed by atoms with Crippen molar-refractivity contribution in [3.05, 3.63) is 57.5 Å². The fourth-order valence-electron chi connectivity index (χ4n) is 1.67. The third-order valence-electron chi connectivity index (χ3n) is 2.72. The predicted molar refractivity (Wildman–Crippen MR) is 63.2 cm³/mol. The molecule has 0 aliphatic carbocycles. The van der Waals surface area contributed by atoms with Crippen LogP contribution in [0.5, 0.6) is 0 Å². The van der Waals surface area contributed by atoms with Crippen LogP contribution >= 0.6 is 0 Å². The highest BCUT2D eigenvalue weighted by atomic mass is 16.1. The molecule has 4 heteroatoms.